The molecule has 0 saturated carbocycles. The summed E-state index contributed by atoms with van der Waals surface area (Å²) in [5.74, 6) is 1.42. The third-order valence-corrected chi connectivity index (χ3v) is 3.81. The fourth-order valence-corrected chi connectivity index (χ4v) is 2.57. The summed E-state index contributed by atoms with van der Waals surface area (Å²) < 4.78 is 5.52. The summed E-state index contributed by atoms with van der Waals surface area (Å²) in [6.45, 7) is 4.01. The number of aromatic nitrogens is 2. The van der Waals surface area contributed by atoms with E-state index in [9.17, 15) is 0 Å². The number of nitrogens with one attached hydrogen (secondary N) is 1. The predicted molar refractivity (Wildman–Crippen MR) is 73.4 cm³/mol. The molecule has 1 fully saturated rings. The average molecular weight is 271 g/mol. The fraction of sp³-hybridized carbons (Fsp3) is 0.667. The maximum absolute atomic E-state index is 6.08. The Morgan fingerprint density at radius 1 is 1.50 bits per heavy atom. The van der Waals surface area contributed by atoms with Crippen molar-refractivity contribution >= 4 is 23.1 Å². The van der Waals surface area contributed by atoms with E-state index in [2.05, 4.69) is 27.1 Å². The molecular weight excluding hydrogens is 252 g/mol. The third kappa shape index (κ3) is 2.52. The van der Waals surface area contributed by atoms with Crippen molar-refractivity contribution in [2.45, 2.75) is 19.4 Å². The molecule has 0 aromatic carbocycles. The second-order valence-electron chi connectivity index (χ2n) is 4.60. The van der Waals surface area contributed by atoms with Gasteiger partial charge < -0.3 is 15.0 Å². The van der Waals surface area contributed by atoms with E-state index in [4.69, 9.17) is 16.3 Å². The average Bonchev–Trinajstić information content (AvgIpc) is 2.39. The Bertz CT molecular complexity index is 415. The van der Waals surface area contributed by atoms with Crippen molar-refractivity contribution < 1.29 is 4.74 Å². The summed E-state index contributed by atoms with van der Waals surface area (Å²) in [7, 11) is 3.59. The number of methoxy groups -OCH3 is 1. The zero-order chi connectivity index (χ0) is 13.1. The first-order valence-electron chi connectivity index (χ1n) is 6.13. The molecule has 5 nitrogen and oxygen atoms in total. The normalized spacial score (nSPS) is 24.1. The van der Waals surface area contributed by atoms with Crippen molar-refractivity contribution in [3.05, 3.63) is 11.5 Å². The van der Waals surface area contributed by atoms with Crippen molar-refractivity contribution in [3.8, 4) is 0 Å². The molecular formula is C12H19ClN4O. The zero-order valence-corrected chi connectivity index (χ0v) is 11.7. The summed E-state index contributed by atoms with van der Waals surface area (Å²) in [6.07, 6.45) is 2.82. The number of piperidine rings is 1. The Labute approximate surface area is 113 Å². The van der Waals surface area contributed by atoms with E-state index in [1.807, 2.05) is 7.05 Å². The molecule has 0 amide bonds. The Morgan fingerprint density at radius 2 is 2.28 bits per heavy atom. The Morgan fingerprint density at radius 3 is 2.94 bits per heavy atom. The maximum atomic E-state index is 6.08. The molecule has 1 N–H and O–H groups in total. The van der Waals surface area contributed by atoms with Crippen LogP contribution in [-0.4, -0.2) is 43.3 Å². The third-order valence-electron chi connectivity index (χ3n) is 3.52. The summed E-state index contributed by atoms with van der Waals surface area (Å²) in [4.78, 5) is 10.5. The van der Waals surface area contributed by atoms with Crippen LogP contribution in [0.4, 0.5) is 11.5 Å². The van der Waals surface area contributed by atoms with Crippen LogP contribution < -0.4 is 10.2 Å². The number of hydrogen-bond acceptors (Lipinski definition) is 5. The van der Waals surface area contributed by atoms with Gasteiger partial charge in [-0.1, -0.05) is 18.5 Å². The van der Waals surface area contributed by atoms with Gasteiger partial charge in [0.2, 0.25) is 0 Å². The molecule has 2 rings (SSSR count). The Hall–Kier alpha value is -1.07. The van der Waals surface area contributed by atoms with Gasteiger partial charge in [0.15, 0.2) is 11.0 Å². The lowest BCUT2D eigenvalue weighted by molar-refractivity contribution is 0.0497. The Balaban J connectivity index is 2.24. The molecule has 1 saturated heterocycles. The molecule has 2 heterocycles. The van der Waals surface area contributed by atoms with Crippen molar-refractivity contribution in [2.75, 3.05) is 37.5 Å². The number of halogens is 1. The van der Waals surface area contributed by atoms with Gasteiger partial charge in [0.1, 0.15) is 12.0 Å². The van der Waals surface area contributed by atoms with Gasteiger partial charge >= 0.3 is 0 Å². The van der Waals surface area contributed by atoms with Crippen LogP contribution in [0.15, 0.2) is 6.33 Å². The van der Waals surface area contributed by atoms with Crippen LogP contribution in [0.3, 0.4) is 0 Å². The highest BCUT2D eigenvalue weighted by atomic mass is 35.5. The van der Waals surface area contributed by atoms with E-state index in [1.54, 1.807) is 7.11 Å². The highest BCUT2D eigenvalue weighted by molar-refractivity contribution is 6.32. The van der Waals surface area contributed by atoms with Crippen LogP contribution in [0.1, 0.15) is 13.3 Å². The first-order valence-corrected chi connectivity index (χ1v) is 6.51. The van der Waals surface area contributed by atoms with E-state index in [1.165, 1.54) is 6.33 Å². The Kier molecular flexibility index (Phi) is 4.24. The van der Waals surface area contributed by atoms with Crippen LogP contribution in [0.25, 0.3) is 0 Å². The minimum atomic E-state index is 0.234. The van der Waals surface area contributed by atoms with Gasteiger partial charge in [-0.05, 0) is 12.3 Å². The highest BCUT2D eigenvalue weighted by Crippen LogP contribution is 2.31. The molecule has 0 bridgehead atoms. The molecule has 1 aliphatic rings. The fourth-order valence-electron chi connectivity index (χ4n) is 2.34. The van der Waals surface area contributed by atoms with Gasteiger partial charge in [0.25, 0.3) is 0 Å². The van der Waals surface area contributed by atoms with Crippen LogP contribution >= 0.6 is 11.6 Å². The van der Waals surface area contributed by atoms with E-state index in [-0.39, 0.29) is 6.10 Å². The number of anilines is 2. The van der Waals surface area contributed by atoms with Crippen molar-refractivity contribution in [3.63, 3.8) is 0 Å². The lowest BCUT2D eigenvalue weighted by atomic mass is 9.96. The molecule has 1 aliphatic heterocycles. The molecule has 0 aliphatic carbocycles. The van der Waals surface area contributed by atoms with Crippen LogP contribution in [0.2, 0.25) is 5.15 Å². The molecule has 2 unspecified atom stereocenters. The van der Waals surface area contributed by atoms with E-state index in [0.717, 1.165) is 31.0 Å². The summed E-state index contributed by atoms with van der Waals surface area (Å²) in [6, 6.07) is 0. The molecule has 2 atom stereocenters. The van der Waals surface area contributed by atoms with E-state index < -0.39 is 0 Å². The lowest BCUT2D eigenvalue weighted by Crippen LogP contribution is -2.44. The molecule has 1 aromatic rings. The monoisotopic (exact) mass is 270 g/mol. The first-order chi connectivity index (χ1) is 8.67. The second-order valence-corrected chi connectivity index (χ2v) is 4.96. The number of hydrogen-bond donors (Lipinski definition) is 1. The quantitative estimate of drug-likeness (QED) is 0.852. The van der Waals surface area contributed by atoms with Crippen molar-refractivity contribution in [2.24, 2.45) is 5.92 Å². The molecule has 0 spiro atoms. The van der Waals surface area contributed by atoms with Crippen molar-refractivity contribution in [1.82, 2.24) is 9.97 Å². The van der Waals surface area contributed by atoms with Crippen molar-refractivity contribution in [1.29, 1.82) is 0 Å². The number of rotatable bonds is 3. The molecule has 100 valence electrons. The number of ether oxygens (including phenoxy) is 1. The first kappa shape index (κ1) is 13.4. The number of nitrogens with zero attached hydrogens (tertiary/aromatic N) is 3. The molecule has 18 heavy (non-hydrogen) atoms. The lowest BCUT2D eigenvalue weighted by Gasteiger charge is -2.37. The van der Waals surface area contributed by atoms with Gasteiger partial charge in [-0.3, -0.25) is 0 Å². The SMILES string of the molecule is CNc1c(Cl)ncnc1N1CCC(C)C(OC)C1. The van der Waals surface area contributed by atoms with Crippen LogP contribution in [0.5, 0.6) is 0 Å². The minimum Gasteiger partial charge on any atom is -0.383 e. The topological polar surface area (TPSA) is 50.3 Å². The summed E-state index contributed by atoms with van der Waals surface area (Å²) in [5.41, 5.74) is 0.781. The zero-order valence-electron chi connectivity index (χ0n) is 11.0. The standard InChI is InChI=1S/C12H19ClN4O/c1-8-4-5-17(6-9(8)18-3)12-10(14-2)11(13)15-7-16-12/h7-9,14H,4-6H2,1-3H3. The van der Waals surface area contributed by atoms with Crippen LogP contribution in [-0.2, 0) is 4.74 Å². The largest absolute Gasteiger partial charge is 0.383 e. The maximum Gasteiger partial charge on any atom is 0.157 e. The van der Waals surface area contributed by atoms with Gasteiger partial charge in [0, 0.05) is 27.2 Å². The van der Waals surface area contributed by atoms with E-state index >= 15 is 0 Å². The molecule has 6 heteroatoms. The van der Waals surface area contributed by atoms with Gasteiger partial charge in [0.05, 0.1) is 6.10 Å². The van der Waals surface area contributed by atoms with Gasteiger partial charge in [-0.2, -0.15) is 0 Å². The van der Waals surface area contributed by atoms with Crippen LogP contribution in [0, 0.1) is 5.92 Å². The highest BCUT2D eigenvalue weighted by Gasteiger charge is 2.28. The van der Waals surface area contributed by atoms with Gasteiger partial charge in [-0.25, -0.2) is 9.97 Å². The minimum absolute atomic E-state index is 0.234. The molecule has 0 radical (unpaired) electrons. The second kappa shape index (κ2) is 5.71. The smallest absolute Gasteiger partial charge is 0.157 e. The van der Waals surface area contributed by atoms with E-state index in [0.29, 0.717) is 11.1 Å². The summed E-state index contributed by atoms with van der Waals surface area (Å²) in [5, 5.41) is 3.52. The molecule has 1 aromatic heterocycles. The predicted octanol–water partition coefficient (Wildman–Crippen LogP) is 2.03. The van der Waals surface area contributed by atoms with Gasteiger partial charge in [-0.15, -0.1) is 0 Å². The summed E-state index contributed by atoms with van der Waals surface area (Å²) >= 11 is 6.08.